The number of aliphatic hydroxyl groups is 1. The van der Waals surface area contributed by atoms with Gasteiger partial charge in [-0.1, -0.05) is 59.8 Å². The van der Waals surface area contributed by atoms with Crippen molar-refractivity contribution in [1.29, 1.82) is 0 Å². The molecule has 6 amide bonds. The van der Waals surface area contributed by atoms with Crippen LogP contribution in [0.15, 0.2) is 0 Å². The zero-order chi connectivity index (χ0) is 38.5. The molecule has 7 atom stereocenters. The van der Waals surface area contributed by atoms with Crippen LogP contribution in [0.25, 0.3) is 0 Å². The normalized spacial score (nSPS) is 23.2. The van der Waals surface area contributed by atoms with Gasteiger partial charge in [-0.2, -0.15) is 0 Å². The Labute approximate surface area is 307 Å². The molecule has 1 aliphatic carbocycles. The predicted molar refractivity (Wildman–Crippen MR) is 192 cm³/mol. The summed E-state index contributed by atoms with van der Waals surface area (Å²) in [4.78, 5) is 95.5. The molecule has 3 rings (SSSR count). The lowest BCUT2D eigenvalue weighted by molar-refractivity contribution is -0.149. The molecule has 0 aromatic carbocycles. The van der Waals surface area contributed by atoms with Crippen molar-refractivity contribution in [2.24, 2.45) is 17.8 Å². The van der Waals surface area contributed by atoms with E-state index in [9.17, 15) is 43.8 Å². The molecule has 0 spiro atoms. The van der Waals surface area contributed by atoms with Gasteiger partial charge in [0.1, 0.15) is 30.2 Å². The second kappa shape index (κ2) is 20.5. The van der Waals surface area contributed by atoms with Gasteiger partial charge < -0.3 is 41.3 Å². The molecule has 2 unspecified atom stereocenters. The van der Waals surface area contributed by atoms with Crippen LogP contribution in [0, 0.1) is 17.8 Å². The molecule has 15 nitrogen and oxygen atoms in total. The molecule has 0 radical (unpaired) electrons. The minimum atomic E-state index is -1.54. The van der Waals surface area contributed by atoms with Crippen LogP contribution >= 0.6 is 0 Å². The van der Waals surface area contributed by atoms with Gasteiger partial charge in [0.25, 0.3) is 0 Å². The van der Waals surface area contributed by atoms with Gasteiger partial charge >= 0.3 is 5.97 Å². The van der Waals surface area contributed by atoms with Crippen molar-refractivity contribution in [3.63, 3.8) is 0 Å². The van der Waals surface area contributed by atoms with Crippen LogP contribution in [0.5, 0.6) is 0 Å². The summed E-state index contributed by atoms with van der Waals surface area (Å²) in [6.45, 7) is 9.42. The first kappa shape index (κ1) is 42.7. The maximum absolute atomic E-state index is 14.0. The van der Waals surface area contributed by atoms with Crippen molar-refractivity contribution in [2.45, 2.75) is 154 Å². The number of aliphatic carboxylic acids is 1. The van der Waals surface area contributed by atoms with Crippen molar-refractivity contribution in [3.05, 3.63) is 0 Å². The summed E-state index contributed by atoms with van der Waals surface area (Å²) in [5, 5.41) is 30.7. The van der Waals surface area contributed by atoms with Crippen LogP contribution in [0.2, 0.25) is 0 Å². The maximum atomic E-state index is 14.0. The van der Waals surface area contributed by atoms with Gasteiger partial charge in [-0.15, -0.1) is 0 Å². The van der Waals surface area contributed by atoms with Gasteiger partial charge in [0.15, 0.2) is 0 Å². The molecule has 52 heavy (non-hydrogen) atoms. The maximum Gasteiger partial charge on any atom is 0.305 e. The summed E-state index contributed by atoms with van der Waals surface area (Å²) in [6, 6.07) is -5.73. The third-order valence-corrected chi connectivity index (χ3v) is 10.5. The Balaban J connectivity index is 1.74. The van der Waals surface area contributed by atoms with Crippen LogP contribution in [0.4, 0.5) is 0 Å². The average Bonchev–Trinajstić information content (AvgIpc) is 3.51. The van der Waals surface area contributed by atoms with E-state index in [1.165, 1.54) is 36.0 Å². The monoisotopic (exact) mass is 734 g/mol. The molecule has 1 saturated carbocycles. The summed E-state index contributed by atoms with van der Waals surface area (Å²) in [6.07, 6.45) is 7.33. The molecule has 2 heterocycles. The van der Waals surface area contributed by atoms with E-state index in [0.717, 1.165) is 19.3 Å². The molecule has 2 aliphatic heterocycles. The van der Waals surface area contributed by atoms with Gasteiger partial charge in [-0.05, 0) is 63.2 Å². The van der Waals surface area contributed by atoms with E-state index in [1.54, 1.807) is 0 Å². The second-order valence-corrected chi connectivity index (χ2v) is 15.4. The summed E-state index contributed by atoms with van der Waals surface area (Å²) >= 11 is 0. The first-order valence-electron chi connectivity index (χ1n) is 19.3. The number of piperidine rings is 1. The highest BCUT2D eigenvalue weighted by molar-refractivity contribution is 5.98. The average molecular weight is 735 g/mol. The molecule has 6 N–H and O–H groups in total. The molecular weight excluding hydrogens is 672 g/mol. The molecule has 0 aromatic heterocycles. The lowest BCUT2D eigenvalue weighted by Gasteiger charge is -2.38. The smallest absolute Gasteiger partial charge is 0.305 e. The van der Waals surface area contributed by atoms with E-state index in [4.69, 9.17) is 0 Å². The van der Waals surface area contributed by atoms with E-state index in [2.05, 4.69) is 21.3 Å². The standard InChI is InChI=1S/C37H62N6O9/c1-6-17-38-35(50)32(24(5)44)41-34(49)28-19-23(4)21-43(28)36(51)26(20-30(46)47)39-33(48)27-14-10-11-18-42(27)37(52)31(22(2)3)40-29(45)16-15-25-12-8-7-9-13-25/h22-28,31-32,44H,6-21H2,1-5H3,(H,38,50)(H,39,48)(H,40,45)(H,41,49)(H,46,47)/t23?,24?,26-,27-,28-,31-,32-/m0/s1. The zero-order valence-electron chi connectivity index (χ0n) is 31.7. The third kappa shape index (κ3) is 12.2. The Bertz CT molecular complexity index is 1270. The van der Waals surface area contributed by atoms with Crippen molar-refractivity contribution in [1.82, 2.24) is 31.1 Å². The van der Waals surface area contributed by atoms with Gasteiger partial charge in [0, 0.05) is 26.1 Å². The molecule has 0 bridgehead atoms. The number of amides is 6. The first-order chi connectivity index (χ1) is 24.6. The zero-order valence-corrected chi connectivity index (χ0v) is 31.7. The Morgan fingerprint density at radius 1 is 0.788 bits per heavy atom. The van der Waals surface area contributed by atoms with Gasteiger partial charge in [0.05, 0.1) is 12.5 Å². The van der Waals surface area contributed by atoms with Gasteiger partial charge in [-0.3, -0.25) is 33.6 Å². The Morgan fingerprint density at radius 3 is 2.06 bits per heavy atom. The minimum Gasteiger partial charge on any atom is -0.481 e. The minimum absolute atomic E-state index is 0.106. The number of nitrogens with zero attached hydrogens (tertiary/aromatic N) is 2. The van der Waals surface area contributed by atoms with E-state index in [-0.39, 0.29) is 37.3 Å². The fourth-order valence-electron chi connectivity index (χ4n) is 7.61. The van der Waals surface area contributed by atoms with Crippen LogP contribution in [0.1, 0.15) is 118 Å². The Hall–Kier alpha value is -3.75. The van der Waals surface area contributed by atoms with Gasteiger partial charge in [-0.25, -0.2) is 0 Å². The van der Waals surface area contributed by atoms with Crippen molar-refractivity contribution < 1.29 is 43.8 Å². The lowest BCUT2D eigenvalue weighted by atomic mass is 9.86. The first-order valence-corrected chi connectivity index (χ1v) is 19.3. The van der Waals surface area contributed by atoms with E-state index in [0.29, 0.717) is 44.6 Å². The SMILES string of the molecule is CCCNC(=O)[C@@H](NC(=O)[C@@H]1CC(C)CN1C(=O)[C@H](CC(=O)O)NC(=O)[C@@H]1CCCCN1C(=O)[C@@H](NC(=O)CCC1CCCCC1)C(C)C)C(C)O. The number of carboxylic acids is 1. The summed E-state index contributed by atoms with van der Waals surface area (Å²) in [7, 11) is 0. The Morgan fingerprint density at radius 2 is 1.44 bits per heavy atom. The molecule has 3 fully saturated rings. The Kier molecular flexibility index (Phi) is 16.8. The highest BCUT2D eigenvalue weighted by atomic mass is 16.4. The van der Waals surface area contributed by atoms with Crippen molar-refractivity contribution in [3.8, 4) is 0 Å². The highest BCUT2D eigenvalue weighted by Gasteiger charge is 2.44. The highest BCUT2D eigenvalue weighted by Crippen LogP contribution is 2.28. The fourth-order valence-corrected chi connectivity index (χ4v) is 7.61. The van der Waals surface area contributed by atoms with Crippen LogP contribution in [-0.2, 0) is 33.6 Å². The largest absolute Gasteiger partial charge is 0.481 e. The number of carboxylic acid groups (broad SMARTS) is 1. The molecule has 0 aromatic rings. The number of carbonyl (C=O) groups is 7. The molecule has 294 valence electrons. The topological polar surface area (TPSA) is 215 Å². The lowest BCUT2D eigenvalue weighted by Crippen LogP contribution is -2.61. The van der Waals surface area contributed by atoms with E-state index >= 15 is 0 Å². The molecule has 3 aliphatic rings. The molecule has 2 saturated heterocycles. The van der Waals surface area contributed by atoms with Crippen LogP contribution in [-0.4, -0.2) is 117 Å². The van der Waals surface area contributed by atoms with E-state index < -0.39 is 78.2 Å². The fraction of sp³-hybridized carbons (Fsp3) is 0.811. The number of hydrogen-bond donors (Lipinski definition) is 6. The van der Waals surface area contributed by atoms with Crippen molar-refractivity contribution in [2.75, 3.05) is 19.6 Å². The molecule has 15 heteroatoms. The van der Waals surface area contributed by atoms with Crippen LogP contribution < -0.4 is 21.3 Å². The third-order valence-electron chi connectivity index (χ3n) is 10.5. The number of carbonyl (C=O) groups excluding carboxylic acids is 6. The summed E-state index contributed by atoms with van der Waals surface area (Å²) in [5.41, 5.74) is 0. The van der Waals surface area contributed by atoms with Crippen LogP contribution in [0.3, 0.4) is 0 Å². The quantitative estimate of drug-likeness (QED) is 0.127. The number of nitrogens with one attached hydrogen (secondary N) is 4. The molecular formula is C37H62N6O9. The summed E-state index contributed by atoms with van der Waals surface area (Å²) < 4.78 is 0. The number of hydrogen-bond acceptors (Lipinski definition) is 8. The van der Waals surface area contributed by atoms with Gasteiger partial charge in [0.2, 0.25) is 35.4 Å². The number of likely N-dealkylation sites (tertiary alicyclic amines) is 2. The summed E-state index contributed by atoms with van der Waals surface area (Å²) in [5.74, 6) is -4.57. The van der Waals surface area contributed by atoms with E-state index in [1.807, 2.05) is 27.7 Å². The number of rotatable bonds is 17. The van der Waals surface area contributed by atoms with Crippen molar-refractivity contribution >= 4 is 41.4 Å². The second-order valence-electron chi connectivity index (χ2n) is 15.4. The predicted octanol–water partition coefficient (Wildman–Crippen LogP) is 1.46. The number of aliphatic hydroxyl groups excluding tert-OH is 1.